The van der Waals surface area contributed by atoms with Gasteiger partial charge in [-0.2, -0.15) is 5.10 Å². The summed E-state index contributed by atoms with van der Waals surface area (Å²) in [6, 6.07) is 7.54. The molecule has 1 atom stereocenters. The van der Waals surface area contributed by atoms with Crippen LogP contribution in [0.25, 0.3) is 0 Å². The number of anilines is 2. The molecule has 2 aliphatic heterocycles. The van der Waals surface area contributed by atoms with E-state index in [-0.39, 0.29) is 17.4 Å². The molecule has 1 aromatic heterocycles. The first-order chi connectivity index (χ1) is 12.4. The number of nitrogens with zero attached hydrogens (tertiary/aromatic N) is 4. The highest BCUT2D eigenvalue weighted by atomic mass is 79.9. The fourth-order valence-electron chi connectivity index (χ4n) is 3.97. The van der Waals surface area contributed by atoms with Crippen molar-refractivity contribution in [1.29, 1.82) is 0 Å². The molecule has 0 radical (unpaired) electrons. The van der Waals surface area contributed by atoms with Crippen molar-refractivity contribution in [2.24, 2.45) is 7.05 Å². The standard InChI is InChI=1S/C18H20BrN5O2/c1-12(25)23-8-6-18(10-23)11-24(15-4-3-13(19)9-14(15)18)17(26)20-16-5-7-22(2)21-16/h3-5,7,9H,6,8,10-11H2,1-2H3,(H,20,21,26). The lowest BCUT2D eigenvalue weighted by molar-refractivity contribution is -0.127. The molecule has 1 N–H and O–H groups in total. The molecule has 1 saturated heterocycles. The van der Waals surface area contributed by atoms with Crippen LogP contribution in [0.15, 0.2) is 34.9 Å². The Morgan fingerprint density at radius 2 is 2.08 bits per heavy atom. The van der Waals surface area contributed by atoms with E-state index < -0.39 is 0 Å². The van der Waals surface area contributed by atoms with Gasteiger partial charge in [0.1, 0.15) is 0 Å². The lowest BCUT2D eigenvalue weighted by Crippen LogP contribution is -2.41. The molecule has 0 bridgehead atoms. The average Bonchev–Trinajstić information content (AvgIpc) is 3.27. The second-order valence-corrected chi connectivity index (χ2v) is 7.94. The van der Waals surface area contributed by atoms with Crippen LogP contribution in [0.3, 0.4) is 0 Å². The Kier molecular flexibility index (Phi) is 4.02. The van der Waals surface area contributed by atoms with Gasteiger partial charge in [0.25, 0.3) is 0 Å². The van der Waals surface area contributed by atoms with Gasteiger partial charge in [0.05, 0.1) is 0 Å². The van der Waals surface area contributed by atoms with E-state index in [0.717, 1.165) is 28.7 Å². The van der Waals surface area contributed by atoms with E-state index in [2.05, 4.69) is 32.4 Å². The number of amides is 3. The van der Waals surface area contributed by atoms with Gasteiger partial charge in [0.2, 0.25) is 5.91 Å². The summed E-state index contributed by atoms with van der Waals surface area (Å²) in [6.45, 7) is 3.51. The molecule has 2 aliphatic rings. The third kappa shape index (κ3) is 2.78. The van der Waals surface area contributed by atoms with Crippen molar-refractivity contribution < 1.29 is 9.59 Å². The predicted octanol–water partition coefficient (Wildman–Crippen LogP) is 2.72. The van der Waals surface area contributed by atoms with E-state index in [4.69, 9.17) is 0 Å². The predicted molar refractivity (Wildman–Crippen MR) is 102 cm³/mol. The maximum atomic E-state index is 12.9. The Hall–Kier alpha value is -2.35. The summed E-state index contributed by atoms with van der Waals surface area (Å²) in [4.78, 5) is 28.4. The highest BCUT2D eigenvalue weighted by Crippen LogP contribution is 2.47. The van der Waals surface area contributed by atoms with Gasteiger partial charge >= 0.3 is 6.03 Å². The second-order valence-electron chi connectivity index (χ2n) is 7.02. The van der Waals surface area contributed by atoms with Gasteiger partial charge in [-0.15, -0.1) is 0 Å². The van der Waals surface area contributed by atoms with E-state index in [1.165, 1.54) is 0 Å². The summed E-state index contributed by atoms with van der Waals surface area (Å²) in [7, 11) is 1.81. The molecule has 1 spiro atoms. The average molecular weight is 418 g/mol. The topological polar surface area (TPSA) is 70.5 Å². The minimum atomic E-state index is -0.216. The van der Waals surface area contributed by atoms with Crippen LogP contribution in [0.2, 0.25) is 0 Å². The molecular formula is C18H20BrN5O2. The van der Waals surface area contributed by atoms with Crippen molar-refractivity contribution in [2.75, 3.05) is 29.9 Å². The van der Waals surface area contributed by atoms with E-state index >= 15 is 0 Å². The molecule has 7 nitrogen and oxygen atoms in total. The largest absolute Gasteiger partial charge is 0.342 e. The van der Waals surface area contributed by atoms with Crippen LogP contribution in [0.5, 0.6) is 0 Å². The molecule has 3 heterocycles. The highest BCUT2D eigenvalue weighted by molar-refractivity contribution is 9.10. The van der Waals surface area contributed by atoms with Gasteiger partial charge in [-0.05, 0) is 30.2 Å². The summed E-state index contributed by atoms with van der Waals surface area (Å²) in [5.74, 6) is 0.601. The zero-order valence-electron chi connectivity index (χ0n) is 14.7. The van der Waals surface area contributed by atoms with Gasteiger partial charge in [0, 0.05) is 61.4 Å². The summed E-state index contributed by atoms with van der Waals surface area (Å²) < 4.78 is 2.62. The van der Waals surface area contributed by atoms with Crippen molar-refractivity contribution in [3.8, 4) is 0 Å². The molecule has 8 heteroatoms. The maximum Gasteiger partial charge on any atom is 0.327 e. The maximum absolute atomic E-state index is 12.9. The lowest BCUT2D eigenvalue weighted by atomic mass is 9.81. The number of aromatic nitrogens is 2. The first-order valence-corrected chi connectivity index (χ1v) is 9.31. The van der Waals surface area contributed by atoms with Crippen LogP contribution in [-0.2, 0) is 17.3 Å². The third-order valence-corrected chi connectivity index (χ3v) is 5.77. The van der Waals surface area contributed by atoms with Gasteiger partial charge in [-0.3, -0.25) is 19.7 Å². The molecule has 3 amide bonds. The van der Waals surface area contributed by atoms with Gasteiger partial charge in [-0.25, -0.2) is 4.79 Å². The number of benzene rings is 1. The van der Waals surface area contributed by atoms with E-state index in [1.807, 2.05) is 24.1 Å². The fraction of sp³-hybridized carbons (Fsp3) is 0.389. The normalized spacial score (nSPS) is 21.3. The molecule has 2 aromatic rings. The van der Waals surface area contributed by atoms with E-state index in [9.17, 15) is 9.59 Å². The van der Waals surface area contributed by atoms with Crippen molar-refractivity contribution in [3.63, 3.8) is 0 Å². The summed E-state index contributed by atoms with van der Waals surface area (Å²) in [5.41, 5.74) is 1.80. The van der Waals surface area contributed by atoms with Crippen LogP contribution >= 0.6 is 15.9 Å². The Labute approximate surface area is 160 Å². The minimum Gasteiger partial charge on any atom is -0.342 e. The van der Waals surface area contributed by atoms with Crippen molar-refractivity contribution in [2.45, 2.75) is 18.8 Å². The number of urea groups is 1. The number of carbonyl (C=O) groups excluding carboxylic acids is 2. The summed E-state index contributed by atoms with van der Waals surface area (Å²) in [6.07, 6.45) is 2.64. The minimum absolute atomic E-state index is 0.0785. The Bertz CT molecular complexity index is 895. The number of aryl methyl sites for hydroxylation is 1. The zero-order valence-corrected chi connectivity index (χ0v) is 16.3. The zero-order chi connectivity index (χ0) is 18.5. The van der Waals surface area contributed by atoms with Crippen LogP contribution in [0.4, 0.5) is 16.3 Å². The third-order valence-electron chi connectivity index (χ3n) is 5.27. The van der Waals surface area contributed by atoms with E-state index in [0.29, 0.717) is 18.9 Å². The number of rotatable bonds is 1. The first-order valence-electron chi connectivity index (χ1n) is 8.52. The molecule has 0 saturated carbocycles. The fourth-order valence-corrected chi connectivity index (χ4v) is 4.33. The molecule has 1 aromatic carbocycles. The molecule has 0 aliphatic carbocycles. The van der Waals surface area contributed by atoms with Crippen molar-refractivity contribution in [3.05, 3.63) is 40.5 Å². The molecular weight excluding hydrogens is 398 g/mol. The highest BCUT2D eigenvalue weighted by Gasteiger charge is 2.49. The SMILES string of the molecule is CC(=O)N1CCC2(C1)CN(C(=O)Nc1ccn(C)n1)c1ccc(Br)cc12. The van der Waals surface area contributed by atoms with Crippen LogP contribution in [-0.4, -0.2) is 46.3 Å². The van der Waals surface area contributed by atoms with Crippen LogP contribution in [0, 0.1) is 0 Å². The van der Waals surface area contributed by atoms with Crippen LogP contribution in [0.1, 0.15) is 18.9 Å². The summed E-state index contributed by atoms with van der Waals surface area (Å²) >= 11 is 3.54. The Morgan fingerprint density at radius 3 is 2.73 bits per heavy atom. The number of fused-ring (bicyclic) bond motifs is 2. The first kappa shape index (κ1) is 17.1. The molecule has 26 heavy (non-hydrogen) atoms. The van der Waals surface area contributed by atoms with Crippen LogP contribution < -0.4 is 10.2 Å². The number of carbonyl (C=O) groups is 2. The van der Waals surface area contributed by atoms with Gasteiger partial charge < -0.3 is 4.90 Å². The van der Waals surface area contributed by atoms with Gasteiger partial charge in [-0.1, -0.05) is 15.9 Å². The molecule has 136 valence electrons. The van der Waals surface area contributed by atoms with Crippen molar-refractivity contribution >= 4 is 39.4 Å². The lowest BCUT2D eigenvalue weighted by Gasteiger charge is -2.25. The Morgan fingerprint density at radius 1 is 1.27 bits per heavy atom. The van der Waals surface area contributed by atoms with E-state index in [1.54, 1.807) is 28.8 Å². The number of hydrogen-bond acceptors (Lipinski definition) is 3. The molecule has 1 unspecified atom stereocenters. The van der Waals surface area contributed by atoms with Gasteiger partial charge in [0.15, 0.2) is 5.82 Å². The number of nitrogens with one attached hydrogen (secondary N) is 1. The number of halogens is 1. The number of hydrogen-bond donors (Lipinski definition) is 1. The molecule has 4 rings (SSSR count). The monoisotopic (exact) mass is 417 g/mol. The molecule has 1 fully saturated rings. The Balaban J connectivity index is 1.66. The smallest absolute Gasteiger partial charge is 0.327 e. The second kappa shape index (κ2) is 6.12. The quantitative estimate of drug-likeness (QED) is 0.775. The van der Waals surface area contributed by atoms with Crippen molar-refractivity contribution in [1.82, 2.24) is 14.7 Å². The number of likely N-dealkylation sites (tertiary alicyclic amines) is 1. The summed E-state index contributed by atoms with van der Waals surface area (Å²) in [5, 5.41) is 7.08.